The summed E-state index contributed by atoms with van der Waals surface area (Å²) in [4.78, 5) is 22.2. The van der Waals surface area contributed by atoms with Crippen molar-refractivity contribution >= 4 is 23.6 Å². The zero-order valence-corrected chi connectivity index (χ0v) is 7.88. The highest BCUT2D eigenvalue weighted by Gasteiger charge is 2.28. The van der Waals surface area contributed by atoms with Crippen LogP contribution in [0.3, 0.4) is 0 Å². The van der Waals surface area contributed by atoms with Crippen molar-refractivity contribution in [2.75, 3.05) is 5.01 Å². The summed E-state index contributed by atoms with van der Waals surface area (Å²) >= 11 is 0. The van der Waals surface area contributed by atoms with Crippen molar-refractivity contribution in [3.63, 3.8) is 0 Å². The molecule has 2 rings (SSSR count). The maximum atomic E-state index is 11.6. The lowest BCUT2D eigenvalue weighted by atomic mass is 10.2. The molecule has 0 radical (unpaired) electrons. The van der Waals surface area contributed by atoms with Crippen LogP contribution in [0.1, 0.15) is 0 Å². The molecule has 0 saturated heterocycles. The van der Waals surface area contributed by atoms with Crippen LogP contribution in [0.5, 0.6) is 0 Å². The Hall–Kier alpha value is -2.23. The van der Waals surface area contributed by atoms with Crippen LogP contribution in [0.2, 0.25) is 0 Å². The number of anilines is 1. The van der Waals surface area contributed by atoms with Gasteiger partial charge in [0.15, 0.2) is 6.29 Å². The van der Waals surface area contributed by atoms with Crippen LogP contribution in [-0.2, 0) is 9.59 Å². The van der Waals surface area contributed by atoms with Gasteiger partial charge < -0.3 is 0 Å². The molecule has 0 unspecified atom stereocenters. The van der Waals surface area contributed by atoms with Gasteiger partial charge in [0.1, 0.15) is 5.71 Å². The topological polar surface area (TPSA) is 49.7 Å². The number of aldehydes is 1. The highest BCUT2D eigenvalue weighted by Crippen LogP contribution is 2.21. The molecule has 1 aliphatic rings. The Bertz CT molecular complexity index is 463. The van der Waals surface area contributed by atoms with Crippen molar-refractivity contribution in [2.24, 2.45) is 5.10 Å². The van der Waals surface area contributed by atoms with Crippen LogP contribution in [0.4, 0.5) is 5.69 Å². The molecule has 0 N–H and O–H groups in total. The summed E-state index contributed by atoms with van der Waals surface area (Å²) in [5.74, 6) is -0.358. The lowest BCUT2D eigenvalue weighted by Crippen LogP contribution is -2.20. The first kappa shape index (κ1) is 9.33. The summed E-state index contributed by atoms with van der Waals surface area (Å²) in [5.41, 5.74) is 0.846. The lowest BCUT2D eigenvalue weighted by molar-refractivity contribution is -0.114. The molecule has 15 heavy (non-hydrogen) atoms. The zero-order chi connectivity index (χ0) is 10.8. The van der Waals surface area contributed by atoms with E-state index in [1.165, 1.54) is 5.01 Å². The van der Waals surface area contributed by atoms with E-state index in [1.54, 1.807) is 24.3 Å². The third kappa shape index (κ3) is 1.46. The van der Waals surface area contributed by atoms with Gasteiger partial charge in [-0.05, 0) is 12.1 Å². The molecule has 4 nitrogen and oxygen atoms in total. The molecule has 1 amide bonds. The average molecular weight is 200 g/mol. The lowest BCUT2D eigenvalue weighted by Gasteiger charge is -2.10. The van der Waals surface area contributed by atoms with Crippen molar-refractivity contribution in [3.8, 4) is 0 Å². The molecule has 1 aliphatic heterocycles. The standard InChI is InChI=1S/C11H8N2O2/c1-8-10(7-14)12-13(11(8)15)9-5-3-2-4-6-9/h2-7H,1H2. The van der Waals surface area contributed by atoms with E-state index in [4.69, 9.17) is 0 Å². The van der Waals surface area contributed by atoms with Gasteiger partial charge in [0.05, 0.1) is 11.3 Å². The molecular formula is C11H8N2O2. The maximum absolute atomic E-state index is 11.6. The van der Waals surface area contributed by atoms with Gasteiger partial charge in [0.2, 0.25) is 0 Å². The number of nitrogens with zero attached hydrogens (tertiary/aromatic N) is 2. The number of carbonyl (C=O) groups excluding carboxylic acids is 2. The van der Waals surface area contributed by atoms with Crippen molar-refractivity contribution in [3.05, 3.63) is 42.5 Å². The molecule has 0 atom stereocenters. The van der Waals surface area contributed by atoms with Crippen molar-refractivity contribution in [2.45, 2.75) is 0 Å². The molecule has 0 spiro atoms. The summed E-state index contributed by atoms with van der Waals surface area (Å²) in [6, 6.07) is 8.90. The second-order valence-corrected chi connectivity index (χ2v) is 3.03. The van der Waals surface area contributed by atoms with Crippen molar-refractivity contribution in [1.29, 1.82) is 0 Å². The van der Waals surface area contributed by atoms with Gasteiger partial charge in [0.25, 0.3) is 5.91 Å². The minimum atomic E-state index is -0.358. The SMILES string of the molecule is C=C1C(=O)N(c2ccccc2)N=C1C=O. The quantitative estimate of drug-likeness (QED) is 0.531. The normalized spacial score (nSPS) is 15.5. The molecular weight excluding hydrogens is 192 g/mol. The summed E-state index contributed by atoms with van der Waals surface area (Å²) in [5, 5.41) is 5.04. The number of hydrogen-bond acceptors (Lipinski definition) is 3. The molecule has 0 saturated carbocycles. The first-order valence-corrected chi connectivity index (χ1v) is 4.36. The van der Waals surface area contributed by atoms with Crippen LogP contribution >= 0.6 is 0 Å². The van der Waals surface area contributed by atoms with E-state index in [-0.39, 0.29) is 17.2 Å². The Balaban J connectivity index is 2.41. The molecule has 4 heteroatoms. The van der Waals surface area contributed by atoms with Gasteiger partial charge in [0, 0.05) is 0 Å². The second kappa shape index (κ2) is 3.49. The van der Waals surface area contributed by atoms with E-state index >= 15 is 0 Å². The van der Waals surface area contributed by atoms with Gasteiger partial charge in [-0.25, -0.2) is 0 Å². The van der Waals surface area contributed by atoms with Crippen LogP contribution in [0, 0.1) is 0 Å². The number of rotatable bonds is 2. The predicted molar refractivity (Wildman–Crippen MR) is 56.6 cm³/mol. The Kier molecular flexibility index (Phi) is 2.17. The van der Waals surface area contributed by atoms with Gasteiger partial charge in [-0.2, -0.15) is 10.1 Å². The van der Waals surface area contributed by atoms with Crippen LogP contribution in [0.15, 0.2) is 47.6 Å². The largest absolute Gasteiger partial charge is 0.296 e. The van der Waals surface area contributed by atoms with Crippen LogP contribution < -0.4 is 5.01 Å². The minimum Gasteiger partial charge on any atom is -0.296 e. The Morgan fingerprint density at radius 3 is 2.47 bits per heavy atom. The molecule has 1 aromatic carbocycles. The van der Waals surface area contributed by atoms with E-state index in [2.05, 4.69) is 11.7 Å². The summed E-state index contributed by atoms with van der Waals surface area (Å²) in [7, 11) is 0. The van der Waals surface area contributed by atoms with Gasteiger partial charge in [-0.3, -0.25) is 9.59 Å². The number of para-hydroxylation sites is 1. The third-order valence-corrected chi connectivity index (χ3v) is 2.08. The van der Waals surface area contributed by atoms with E-state index in [1.807, 2.05) is 6.07 Å². The van der Waals surface area contributed by atoms with E-state index in [0.29, 0.717) is 12.0 Å². The third-order valence-electron chi connectivity index (χ3n) is 2.08. The van der Waals surface area contributed by atoms with E-state index in [9.17, 15) is 9.59 Å². The molecule has 0 fully saturated rings. The monoisotopic (exact) mass is 200 g/mol. The van der Waals surface area contributed by atoms with Crippen molar-refractivity contribution < 1.29 is 9.59 Å². The highest BCUT2D eigenvalue weighted by molar-refractivity contribution is 6.48. The average Bonchev–Trinajstić information content (AvgIpc) is 2.57. The fraction of sp³-hybridized carbons (Fsp3) is 0. The Morgan fingerprint density at radius 1 is 1.27 bits per heavy atom. The van der Waals surface area contributed by atoms with Gasteiger partial charge in [-0.1, -0.05) is 24.8 Å². The molecule has 0 aliphatic carbocycles. The van der Waals surface area contributed by atoms with Crippen molar-refractivity contribution in [1.82, 2.24) is 0 Å². The molecule has 0 bridgehead atoms. The molecule has 74 valence electrons. The van der Waals surface area contributed by atoms with Gasteiger partial charge in [-0.15, -0.1) is 0 Å². The zero-order valence-electron chi connectivity index (χ0n) is 7.88. The smallest absolute Gasteiger partial charge is 0.280 e. The first-order valence-electron chi connectivity index (χ1n) is 4.36. The maximum Gasteiger partial charge on any atom is 0.280 e. The molecule has 1 heterocycles. The molecule has 1 aromatic rings. The first-order chi connectivity index (χ1) is 7.24. The number of amides is 1. The van der Waals surface area contributed by atoms with Gasteiger partial charge >= 0.3 is 0 Å². The fourth-order valence-electron chi connectivity index (χ4n) is 1.29. The number of hydrazone groups is 1. The summed E-state index contributed by atoms with van der Waals surface area (Å²) in [6.07, 6.45) is 0.531. The predicted octanol–water partition coefficient (Wildman–Crippen LogP) is 1.14. The Morgan fingerprint density at radius 2 is 1.93 bits per heavy atom. The van der Waals surface area contributed by atoms with Crippen LogP contribution in [0.25, 0.3) is 0 Å². The number of carbonyl (C=O) groups is 2. The Labute approximate surface area is 86.5 Å². The molecule has 0 aromatic heterocycles. The summed E-state index contributed by atoms with van der Waals surface area (Å²) in [6.45, 7) is 3.51. The number of benzene rings is 1. The highest BCUT2D eigenvalue weighted by atomic mass is 16.2. The van der Waals surface area contributed by atoms with E-state index in [0.717, 1.165) is 0 Å². The fourth-order valence-corrected chi connectivity index (χ4v) is 1.29. The minimum absolute atomic E-state index is 0.0869. The number of hydrogen-bond donors (Lipinski definition) is 0. The van der Waals surface area contributed by atoms with E-state index < -0.39 is 0 Å². The second-order valence-electron chi connectivity index (χ2n) is 3.03. The van der Waals surface area contributed by atoms with Crippen LogP contribution in [-0.4, -0.2) is 17.9 Å². The summed E-state index contributed by atoms with van der Waals surface area (Å²) < 4.78 is 0.